The number of benzene rings is 4. The van der Waals surface area contributed by atoms with Crippen LogP contribution in [0.25, 0.3) is 34.4 Å². The molecule has 1 fully saturated rings. The molecular formula is C42H46Cl2HfO2. The summed E-state index contributed by atoms with van der Waals surface area (Å²) in [5.74, 6) is 1.80. The first-order valence-corrected chi connectivity index (χ1v) is 25.7. The number of ether oxygens (including phenoxy) is 2. The first-order chi connectivity index (χ1) is 21.5. The number of methoxy groups -OCH3 is 2. The Bertz CT molecular complexity index is 1700. The predicted octanol–water partition coefficient (Wildman–Crippen LogP) is 5.72. The molecule has 47 heavy (non-hydrogen) atoms. The second-order valence-electron chi connectivity index (χ2n) is 15.4. The molecule has 0 amide bonds. The third-order valence-corrected chi connectivity index (χ3v) is 29.3. The fraction of sp³-hybridized carbons (Fsp3) is 0.333. The second-order valence-corrected chi connectivity index (χ2v) is 32.0. The molecule has 2 unspecified atom stereocenters. The maximum absolute atomic E-state index is 5.49. The summed E-state index contributed by atoms with van der Waals surface area (Å²) in [6, 6.07) is 31.5. The van der Waals surface area contributed by atoms with Crippen molar-refractivity contribution in [3.8, 4) is 33.8 Å². The third-order valence-electron chi connectivity index (χ3n) is 10.6. The van der Waals surface area contributed by atoms with Gasteiger partial charge in [-0.25, -0.2) is 0 Å². The minimum absolute atomic E-state index is 0. The van der Waals surface area contributed by atoms with E-state index in [1.165, 1.54) is 41.7 Å². The Morgan fingerprint density at radius 2 is 0.894 bits per heavy atom. The Kier molecular flexibility index (Phi) is 9.90. The van der Waals surface area contributed by atoms with Crippen LogP contribution in [0.2, 0.25) is 8.35 Å². The smallest absolute Gasteiger partial charge is 1.00 e. The summed E-state index contributed by atoms with van der Waals surface area (Å²) in [6.07, 6.45) is 5.23. The molecule has 4 aromatic carbocycles. The fourth-order valence-corrected chi connectivity index (χ4v) is 37.6. The van der Waals surface area contributed by atoms with Crippen molar-refractivity contribution in [2.45, 2.75) is 57.2 Å². The Balaban J connectivity index is 0.00000217. The average Bonchev–Trinajstić information content (AvgIpc) is 3.52. The monoisotopic (exact) mass is 832 g/mol. The maximum Gasteiger partial charge on any atom is -1.00 e. The molecule has 0 spiro atoms. The van der Waals surface area contributed by atoms with Gasteiger partial charge in [-0.2, -0.15) is 0 Å². The average molecular weight is 832 g/mol. The zero-order valence-electron chi connectivity index (χ0n) is 28.9. The van der Waals surface area contributed by atoms with Gasteiger partial charge in [-0.1, -0.05) is 0 Å². The van der Waals surface area contributed by atoms with Crippen LogP contribution < -0.4 is 34.3 Å². The molecule has 7 rings (SSSR count). The number of allylic oxidation sites excluding steroid dienone is 2. The van der Waals surface area contributed by atoms with E-state index in [0.717, 1.165) is 11.5 Å². The Morgan fingerprint density at radius 3 is 1.19 bits per heavy atom. The van der Waals surface area contributed by atoms with E-state index < -0.39 is 20.0 Å². The Labute approximate surface area is 298 Å². The number of fused-ring (bicyclic) bond motifs is 2. The van der Waals surface area contributed by atoms with Crippen LogP contribution in [0.4, 0.5) is 0 Å². The van der Waals surface area contributed by atoms with Gasteiger partial charge >= 0.3 is 276 Å². The van der Waals surface area contributed by atoms with Crippen molar-refractivity contribution in [2.75, 3.05) is 14.2 Å². The van der Waals surface area contributed by atoms with Crippen LogP contribution >= 0.6 is 0 Å². The first kappa shape index (κ1) is 35.7. The van der Waals surface area contributed by atoms with Crippen molar-refractivity contribution < 1.29 is 54.3 Å². The quantitative estimate of drug-likeness (QED) is 0.232. The van der Waals surface area contributed by atoms with E-state index in [9.17, 15) is 0 Å². The summed E-state index contributed by atoms with van der Waals surface area (Å²) < 4.78 is 15.1. The van der Waals surface area contributed by atoms with Gasteiger partial charge in [0.05, 0.1) is 0 Å². The van der Waals surface area contributed by atoms with Crippen molar-refractivity contribution >= 4 is 12.2 Å². The van der Waals surface area contributed by atoms with Gasteiger partial charge in [0.15, 0.2) is 0 Å². The van der Waals surface area contributed by atoms with E-state index in [4.69, 9.17) is 9.47 Å². The molecular weight excluding hydrogens is 786 g/mol. The van der Waals surface area contributed by atoms with Crippen molar-refractivity contribution in [2.24, 2.45) is 10.8 Å². The van der Waals surface area contributed by atoms with E-state index >= 15 is 0 Å². The van der Waals surface area contributed by atoms with Crippen molar-refractivity contribution in [1.82, 2.24) is 0 Å². The van der Waals surface area contributed by atoms with Crippen LogP contribution in [0.1, 0.15) is 71.1 Å². The largest absolute Gasteiger partial charge is 1.00 e. The van der Waals surface area contributed by atoms with Crippen LogP contribution in [-0.2, 0) is 20.0 Å². The molecule has 1 heterocycles. The van der Waals surface area contributed by atoms with Gasteiger partial charge in [0.25, 0.3) is 0 Å². The molecule has 3 aliphatic rings. The van der Waals surface area contributed by atoms with Crippen LogP contribution in [0.3, 0.4) is 0 Å². The van der Waals surface area contributed by atoms with Crippen LogP contribution in [0, 0.1) is 10.8 Å². The molecule has 0 saturated carbocycles. The summed E-state index contributed by atoms with van der Waals surface area (Å²) in [5.41, 5.74) is 14.9. The summed E-state index contributed by atoms with van der Waals surface area (Å²) in [6.45, 7) is 14.7. The molecule has 0 radical (unpaired) electrons. The molecule has 4 aromatic rings. The van der Waals surface area contributed by atoms with Gasteiger partial charge in [-0.15, -0.1) is 0 Å². The molecule has 1 saturated heterocycles. The minimum Gasteiger partial charge on any atom is -1.00 e. The van der Waals surface area contributed by atoms with Gasteiger partial charge in [0.2, 0.25) is 0 Å². The molecule has 1 aliphatic heterocycles. The Morgan fingerprint density at radius 1 is 0.532 bits per heavy atom. The van der Waals surface area contributed by atoms with Crippen molar-refractivity contribution in [3.63, 3.8) is 0 Å². The molecule has 0 aromatic heterocycles. The van der Waals surface area contributed by atoms with Crippen molar-refractivity contribution in [3.05, 3.63) is 118 Å². The number of hydrogen-bond acceptors (Lipinski definition) is 2. The number of halogens is 2. The van der Waals surface area contributed by atoms with E-state index in [0.29, 0.717) is 7.35 Å². The zero-order chi connectivity index (χ0) is 31.7. The van der Waals surface area contributed by atoms with Gasteiger partial charge in [-0.3, -0.25) is 0 Å². The Hall–Kier alpha value is -2.59. The molecule has 5 heteroatoms. The molecule has 244 valence electrons. The number of rotatable bonds is 6. The SMILES string of the molecule is COc1ccc(-c2cccc3c2C=C(C(C)(C)C)[CH]3[Hf+2]2([CH]3C(C(C)(C)C)=Cc4c(-c5ccc(OC)cc5)cccc43)[CH2][CH2]2)cc1.[Cl-].[Cl-]. The summed E-state index contributed by atoms with van der Waals surface area (Å²) in [5, 5.41) is 0. The molecule has 0 N–H and O–H groups in total. The van der Waals surface area contributed by atoms with Gasteiger partial charge in [0.1, 0.15) is 0 Å². The zero-order valence-corrected chi connectivity index (χ0v) is 34.0. The maximum atomic E-state index is 5.49. The molecule has 2 nitrogen and oxygen atoms in total. The normalized spacial score (nSPS) is 18.3. The van der Waals surface area contributed by atoms with E-state index in [1.807, 2.05) is 0 Å². The van der Waals surface area contributed by atoms with Crippen LogP contribution in [0.15, 0.2) is 96.1 Å². The van der Waals surface area contributed by atoms with Gasteiger partial charge < -0.3 is 24.8 Å². The minimum atomic E-state index is -3.11. The van der Waals surface area contributed by atoms with E-state index in [2.05, 4.69) is 139 Å². The molecule has 2 atom stereocenters. The summed E-state index contributed by atoms with van der Waals surface area (Å²) in [4.78, 5) is 0. The van der Waals surface area contributed by atoms with Gasteiger partial charge in [0, 0.05) is 0 Å². The third kappa shape index (κ3) is 6.11. The topological polar surface area (TPSA) is 18.5 Å². The predicted molar refractivity (Wildman–Crippen MR) is 187 cm³/mol. The standard InChI is InChI=1S/2C20H21O.C2H4.2ClH.Hf/c2*1-20(2,3)16-12-15-6-5-7-18(19(15)13-16)14-8-10-17(21-4)11-9-14;1-2;;;/h2*5-13H,1-4H3;1-2H2;2*1H;/q;;;;;+2/p-2. The van der Waals surface area contributed by atoms with Gasteiger partial charge in [-0.05, 0) is 0 Å². The van der Waals surface area contributed by atoms with E-state index in [-0.39, 0.29) is 35.6 Å². The van der Waals surface area contributed by atoms with E-state index in [1.54, 1.807) is 36.5 Å². The first-order valence-electron chi connectivity index (χ1n) is 16.4. The van der Waals surface area contributed by atoms with Crippen LogP contribution in [-0.4, -0.2) is 14.2 Å². The molecule has 0 bridgehead atoms. The summed E-state index contributed by atoms with van der Waals surface area (Å²) >= 11 is -3.11. The second kappa shape index (κ2) is 13.0. The van der Waals surface area contributed by atoms with Crippen LogP contribution in [0.5, 0.6) is 11.5 Å². The van der Waals surface area contributed by atoms with Crippen molar-refractivity contribution in [1.29, 1.82) is 0 Å². The molecule has 2 aliphatic carbocycles. The fourth-order valence-electron chi connectivity index (χ4n) is 8.28. The number of hydrogen-bond donors (Lipinski definition) is 0. The summed E-state index contributed by atoms with van der Waals surface area (Å²) in [7, 11) is 3.48.